The van der Waals surface area contributed by atoms with E-state index in [4.69, 9.17) is 4.74 Å². The molecule has 0 unspecified atom stereocenters. The fourth-order valence-corrected chi connectivity index (χ4v) is 3.81. The van der Waals surface area contributed by atoms with Gasteiger partial charge in [0.1, 0.15) is 0 Å². The normalized spacial score (nSPS) is 26.4. The van der Waals surface area contributed by atoms with Crippen LogP contribution in [0.3, 0.4) is 0 Å². The van der Waals surface area contributed by atoms with Gasteiger partial charge in [-0.2, -0.15) is 5.10 Å². The zero-order chi connectivity index (χ0) is 17.2. The molecule has 8 heteroatoms. The molecule has 2 saturated heterocycles. The Morgan fingerprint density at radius 3 is 3.08 bits per heavy atom. The topological polar surface area (TPSA) is 85.2 Å². The number of likely N-dealkylation sites (tertiary alicyclic amines) is 1. The molecule has 1 amide bonds. The number of hydrogen-bond acceptors (Lipinski definition) is 6. The molecule has 25 heavy (non-hydrogen) atoms. The van der Waals surface area contributed by atoms with Gasteiger partial charge in [0.05, 0.1) is 24.4 Å². The molecule has 2 aromatic heterocycles. The number of carbonyl (C=O) groups excluding carboxylic acids is 1. The maximum absolute atomic E-state index is 12.7. The molecule has 4 rings (SSSR count). The van der Waals surface area contributed by atoms with Crippen LogP contribution in [0.4, 0.5) is 5.82 Å². The Morgan fingerprint density at radius 2 is 2.32 bits per heavy atom. The van der Waals surface area contributed by atoms with Crippen LogP contribution in [0.25, 0.3) is 0 Å². The van der Waals surface area contributed by atoms with Crippen LogP contribution < -0.4 is 5.32 Å². The van der Waals surface area contributed by atoms with Crippen molar-refractivity contribution in [3.63, 3.8) is 0 Å². The van der Waals surface area contributed by atoms with Gasteiger partial charge in [-0.05, 0) is 12.8 Å². The van der Waals surface area contributed by atoms with Crippen molar-refractivity contribution in [3.8, 4) is 0 Å². The van der Waals surface area contributed by atoms with Crippen LogP contribution in [0, 0.1) is 5.92 Å². The highest BCUT2D eigenvalue weighted by Gasteiger charge is 2.42. The van der Waals surface area contributed by atoms with Crippen molar-refractivity contribution in [2.24, 2.45) is 13.0 Å². The van der Waals surface area contributed by atoms with E-state index in [-0.39, 0.29) is 17.9 Å². The highest BCUT2D eigenvalue weighted by Crippen LogP contribution is 2.32. The molecular formula is C17H22N6O2. The van der Waals surface area contributed by atoms with Crippen molar-refractivity contribution in [2.75, 3.05) is 18.5 Å². The van der Waals surface area contributed by atoms with E-state index in [2.05, 4.69) is 25.3 Å². The molecule has 3 atom stereocenters. The minimum absolute atomic E-state index is 0.0226. The number of amides is 1. The van der Waals surface area contributed by atoms with Gasteiger partial charge in [0, 0.05) is 56.9 Å². The summed E-state index contributed by atoms with van der Waals surface area (Å²) in [6.07, 6.45) is 10.5. The van der Waals surface area contributed by atoms with Crippen LogP contribution in [0.1, 0.15) is 18.4 Å². The van der Waals surface area contributed by atoms with Crippen molar-refractivity contribution in [1.29, 1.82) is 0 Å². The number of rotatable bonds is 4. The van der Waals surface area contributed by atoms with E-state index in [9.17, 15) is 4.79 Å². The predicted molar refractivity (Wildman–Crippen MR) is 90.5 cm³/mol. The molecule has 132 valence electrons. The smallest absolute Gasteiger partial charge is 0.230 e. The highest BCUT2D eigenvalue weighted by atomic mass is 16.5. The summed E-state index contributed by atoms with van der Waals surface area (Å²) in [6, 6.07) is 0.376. The lowest BCUT2D eigenvalue weighted by atomic mass is 9.89. The number of piperidine rings is 1. The third-order valence-corrected chi connectivity index (χ3v) is 4.94. The first-order valence-corrected chi connectivity index (χ1v) is 8.59. The van der Waals surface area contributed by atoms with Gasteiger partial charge in [-0.1, -0.05) is 0 Å². The molecule has 2 fully saturated rings. The van der Waals surface area contributed by atoms with Crippen molar-refractivity contribution in [2.45, 2.75) is 31.5 Å². The van der Waals surface area contributed by atoms with E-state index in [1.54, 1.807) is 23.3 Å². The van der Waals surface area contributed by atoms with Gasteiger partial charge in [0.25, 0.3) is 0 Å². The molecule has 8 nitrogen and oxygen atoms in total. The standard InChI is InChI=1S/C17H22N6O2/c1-22-9-12(7-20-22)10-23-11-13(6-15-14(23)2-5-25-15)17(24)21-16-8-18-3-4-19-16/h3-4,7-9,13-15H,2,5-6,10-11H2,1H3,(H,19,21,24)/t13-,14+,15+/m1/s1. The molecule has 0 saturated carbocycles. The van der Waals surface area contributed by atoms with Crippen LogP contribution in [-0.2, 0) is 23.1 Å². The fourth-order valence-electron chi connectivity index (χ4n) is 3.81. The van der Waals surface area contributed by atoms with Gasteiger partial charge in [-0.25, -0.2) is 4.98 Å². The summed E-state index contributed by atoms with van der Waals surface area (Å²) in [7, 11) is 1.92. The second-order valence-corrected chi connectivity index (χ2v) is 6.73. The number of fused-ring (bicyclic) bond motifs is 1. The third-order valence-electron chi connectivity index (χ3n) is 4.94. The number of ether oxygens (including phenoxy) is 1. The maximum atomic E-state index is 12.7. The average Bonchev–Trinajstić information content (AvgIpc) is 3.24. The van der Waals surface area contributed by atoms with E-state index in [0.717, 1.165) is 31.6 Å². The average molecular weight is 342 g/mol. The number of hydrogen-bond donors (Lipinski definition) is 1. The molecule has 0 spiro atoms. The first-order valence-electron chi connectivity index (χ1n) is 8.59. The van der Waals surface area contributed by atoms with Crippen molar-refractivity contribution >= 4 is 11.7 Å². The summed E-state index contributed by atoms with van der Waals surface area (Å²) in [6.45, 7) is 2.26. The summed E-state index contributed by atoms with van der Waals surface area (Å²) in [5.74, 6) is 0.337. The summed E-state index contributed by atoms with van der Waals surface area (Å²) in [4.78, 5) is 23.1. The van der Waals surface area contributed by atoms with Crippen LogP contribution in [-0.4, -0.2) is 55.9 Å². The van der Waals surface area contributed by atoms with E-state index in [1.165, 1.54) is 0 Å². The SMILES string of the molecule is Cn1cc(CN2C[C@H](C(=O)Nc3cnccn3)C[C@@H]3OCC[C@@H]32)cn1. The van der Waals surface area contributed by atoms with Crippen molar-refractivity contribution < 1.29 is 9.53 Å². The first-order chi connectivity index (χ1) is 12.2. The van der Waals surface area contributed by atoms with E-state index in [0.29, 0.717) is 18.4 Å². The van der Waals surface area contributed by atoms with Crippen molar-refractivity contribution in [3.05, 3.63) is 36.5 Å². The minimum atomic E-state index is -0.127. The summed E-state index contributed by atoms with van der Waals surface area (Å²) < 4.78 is 7.70. The maximum Gasteiger partial charge on any atom is 0.230 e. The van der Waals surface area contributed by atoms with E-state index < -0.39 is 0 Å². The molecule has 0 aromatic carbocycles. The Labute approximate surface area is 146 Å². The zero-order valence-electron chi connectivity index (χ0n) is 14.2. The van der Waals surface area contributed by atoms with Gasteiger partial charge < -0.3 is 10.1 Å². The molecular weight excluding hydrogens is 320 g/mol. The molecule has 1 N–H and O–H groups in total. The van der Waals surface area contributed by atoms with Crippen molar-refractivity contribution in [1.82, 2.24) is 24.6 Å². The molecule has 0 radical (unpaired) electrons. The Morgan fingerprint density at radius 1 is 1.40 bits per heavy atom. The molecule has 2 aliphatic rings. The fraction of sp³-hybridized carbons (Fsp3) is 0.529. The number of nitrogens with one attached hydrogen (secondary N) is 1. The number of aromatic nitrogens is 4. The highest BCUT2D eigenvalue weighted by molar-refractivity contribution is 5.91. The molecule has 0 bridgehead atoms. The lowest BCUT2D eigenvalue weighted by Crippen LogP contribution is -2.51. The van der Waals surface area contributed by atoms with Gasteiger partial charge in [-0.3, -0.25) is 19.4 Å². The van der Waals surface area contributed by atoms with Crippen LogP contribution in [0.2, 0.25) is 0 Å². The van der Waals surface area contributed by atoms with Gasteiger partial charge >= 0.3 is 0 Å². The molecule has 2 aromatic rings. The third kappa shape index (κ3) is 3.54. The van der Waals surface area contributed by atoms with E-state index in [1.807, 2.05) is 19.4 Å². The number of carbonyl (C=O) groups is 1. The Kier molecular flexibility index (Phi) is 4.46. The minimum Gasteiger partial charge on any atom is -0.377 e. The van der Waals surface area contributed by atoms with Gasteiger partial charge in [-0.15, -0.1) is 0 Å². The first kappa shape index (κ1) is 16.2. The lowest BCUT2D eigenvalue weighted by Gasteiger charge is -2.40. The lowest BCUT2D eigenvalue weighted by molar-refractivity contribution is -0.124. The van der Waals surface area contributed by atoms with Gasteiger partial charge in [0.2, 0.25) is 5.91 Å². The monoisotopic (exact) mass is 342 g/mol. The van der Waals surface area contributed by atoms with Crippen LogP contribution >= 0.6 is 0 Å². The number of anilines is 1. The van der Waals surface area contributed by atoms with Crippen LogP contribution in [0.5, 0.6) is 0 Å². The quantitative estimate of drug-likeness (QED) is 0.886. The largest absolute Gasteiger partial charge is 0.377 e. The molecule has 0 aliphatic carbocycles. The predicted octanol–water partition coefficient (Wildman–Crippen LogP) is 0.828. The zero-order valence-corrected chi connectivity index (χ0v) is 14.2. The Hall–Kier alpha value is -2.32. The molecule has 2 aliphatic heterocycles. The second kappa shape index (κ2) is 6.89. The molecule has 4 heterocycles. The van der Waals surface area contributed by atoms with E-state index >= 15 is 0 Å². The number of nitrogens with zero attached hydrogens (tertiary/aromatic N) is 5. The summed E-state index contributed by atoms with van der Waals surface area (Å²) >= 11 is 0. The van der Waals surface area contributed by atoms with Gasteiger partial charge in [0.15, 0.2) is 5.82 Å². The van der Waals surface area contributed by atoms with Crippen LogP contribution in [0.15, 0.2) is 31.0 Å². The second-order valence-electron chi connectivity index (χ2n) is 6.73. The summed E-state index contributed by atoms with van der Waals surface area (Å²) in [5, 5.41) is 7.11. The Bertz CT molecular complexity index is 734. The number of aryl methyl sites for hydroxylation is 1. The summed E-state index contributed by atoms with van der Waals surface area (Å²) in [5.41, 5.74) is 1.16. The Balaban J connectivity index is 1.46.